The summed E-state index contributed by atoms with van der Waals surface area (Å²) < 4.78 is 6.21. The van der Waals surface area contributed by atoms with E-state index in [-0.39, 0.29) is 67.8 Å². The van der Waals surface area contributed by atoms with Gasteiger partial charge in [0.1, 0.15) is 5.75 Å². The third-order valence-electron chi connectivity index (χ3n) is 9.36. The largest absolute Gasteiger partial charge is 2.00 e. The van der Waals surface area contributed by atoms with E-state index in [1.165, 1.54) is 66.8 Å². The molecule has 0 N–H and O–H groups in total. The number of methoxy groups -OCH3 is 1. The SMILES string of the molecule is COc1c(C(C)(C)C)cc2c(c1-c1ccccc1)C=C(C)C2C1C(C)=Cc2c(-c3ccc(C(C)(C)C)cc3)cccc21.[Cl-].[Cl-].[Zr+2]. The van der Waals surface area contributed by atoms with Gasteiger partial charge in [0.25, 0.3) is 0 Å². The van der Waals surface area contributed by atoms with Crippen molar-refractivity contribution in [3.63, 3.8) is 0 Å². The molecule has 0 amide bonds. The van der Waals surface area contributed by atoms with Crippen LogP contribution < -0.4 is 29.6 Å². The molecule has 2 unspecified atom stereocenters. The molecular weight excluding hydrogens is 671 g/mol. The van der Waals surface area contributed by atoms with Crippen molar-refractivity contribution in [1.82, 2.24) is 0 Å². The molecule has 45 heavy (non-hydrogen) atoms. The van der Waals surface area contributed by atoms with E-state index in [4.69, 9.17) is 4.74 Å². The van der Waals surface area contributed by atoms with Crippen LogP contribution in [-0.2, 0) is 37.0 Å². The summed E-state index contributed by atoms with van der Waals surface area (Å²) in [5.41, 5.74) is 16.1. The number of ether oxygens (including phenoxy) is 1. The molecule has 0 radical (unpaired) electrons. The third-order valence-corrected chi connectivity index (χ3v) is 9.36. The van der Waals surface area contributed by atoms with E-state index < -0.39 is 0 Å². The Hall–Kier alpha value is -2.38. The second-order valence-electron chi connectivity index (χ2n) is 14.3. The minimum Gasteiger partial charge on any atom is -1.00 e. The zero-order chi connectivity index (χ0) is 30.0. The van der Waals surface area contributed by atoms with Gasteiger partial charge >= 0.3 is 26.2 Å². The van der Waals surface area contributed by atoms with Crippen LogP contribution in [0.2, 0.25) is 0 Å². The maximum atomic E-state index is 6.21. The zero-order valence-corrected chi connectivity index (χ0v) is 31.9. The molecule has 1 nitrogen and oxygen atoms in total. The summed E-state index contributed by atoms with van der Waals surface area (Å²) in [6.45, 7) is 18.4. The maximum Gasteiger partial charge on any atom is 2.00 e. The Morgan fingerprint density at radius 1 is 0.600 bits per heavy atom. The maximum absolute atomic E-state index is 6.21. The summed E-state index contributed by atoms with van der Waals surface area (Å²) in [7, 11) is 1.82. The number of rotatable bonds is 4. The van der Waals surface area contributed by atoms with Crippen molar-refractivity contribution in [3.05, 3.63) is 123 Å². The van der Waals surface area contributed by atoms with Crippen molar-refractivity contribution in [1.29, 1.82) is 0 Å². The van der Waals surface area contributed by atoms with Crippen molar-refractivity contribution < 1.29 is 55.8 Å². The van der Waals surface area contributed by atoms with Crippen LogP contribution in [0.3, 0.4) is 0 Å². The molecule has 2 aliphatic rings. The molecule has 0 saturated carbocycles. The van der Waals surface area contributed by atoms with Gasteiger partial charge in [-0.15, -0.1) is 0 Å². The summed E-state index contributed by atoms with van der Waals surface area (Å²) >= 11 is 0. The van der Waals surface area contributed by atoms with Crippen molar-refractivity contribution in [2.45, 2.75) is 78.1 Å². The fourth-order valence-electron chi connectivity index (χ4n) is 7.20. The Bertz CT molecular complexity index is 1740. The van der Waals surface area contributed by atoms with E-state index >= 15 is 0 Å². The van der Waals surface area contributed by atoms with Gasteiger partial charge in [0.05, 0.1) is 7.11 Å². The van der Waals surface area contributed by atoms with Gasteiger partial charge < -0.3 is 29.6 Å². The zero-order valence-electron chi connectivity index (χ0n) is 28.0. The summed E-state index contributed by atoms with van der Waals surface area (Å²) in [5.74, 6) is 1.58. The monoisotopic (exact) mass is 712 g/mol. The van der Waals surface area contributed by atoms with Crippen molar-refractivity contribution in [2.75, 3.05) is 7.11 Å². The van der Waals surface area contributed by atoms with Crippen molar-refractivity contribution in [3.8, 4) is 28.0 Å². The Balaban J connectivity index is 0.00000184. The van der Waals surface area contributed by atoms with E-state index in [1.807, 2.05) is 7.11 Å². The smallest absolute Gasteiger partial charge is 1.00 e. The third kappa shape index (κ3) is 6.58. The molecule has 0 heterocycles. The van der Waals surface area contributed by atoms with Crippen LogP contribution in [-0.4, -0.2) is 7.11 Å². The first-order valence-corrected chi connectivity index (χ1v) is 15.3. The standard InChI is InChI=1S/C41H44O.2ClH.Zr/c1-25-22-32-30(27-18-20-29(21-19-27)40(3,4)5)16-13-17-31(32)36(25)37-26(2)23-33-34(37)24-35(41(6,7)8)39(42-9)38(33)28-14-11-10-12-15-28;;;/h10-24,36-37H,1-9H3;2*1H;/q;;;+2/p-2. The Morgan fingerprint density at radius 2 is 1.18 bits per heavy atom. The van der Waals surface area contributed by atoms with Gasteiger partial charge in [-0.2, -0.15) is 0 Å². The van der Waals surface area contributed by atoms with Gasteiger partial charge in [0.2, 0.25) is 0 Å². The molecule has 4 aromatic carbocycles. The summed E-state index contributed by atoms with van der Waals surface area (Å²) in [6.07, 6.45) is 4.88. The van der Waals surface area contributed by atoms with Crippen molar-refractivity contribution in [2.24, 2.45) is 0 Å². The molecule has 4 aromatic rings. The predicted molar refractivity (Wildman–Crippen MR) is 180 cm³/mol. The molecule has 0 fully saturated rings. The molecule has 4 heteroatoms. The molecule has 0 saturated heterocycles. The molecule has 0 aromatic heterocycles. The fourth-order valence-corrected chi connectivity index (χ4v) is 7.20. The first kappa shape index (κ1) is 37.1. The first-order chi connectivity index (χ1) is 19.9. The van der Waals surface area contributed by atoms with Crippen LogP contribution in [0.5, 0.6) is 5.75 Å². The van der Waals surface area contributed by atoms with Crippen LogP contribution in [0.15, 0.2) is 90.0 Å². The summed E-state index contributed by atoms with van der Waals surface area (Å²) in [5, 5.41) is 0. The van der Waals surface area contributed by atoms with E-state index in [0.29, 0.717) is 5.92 Å². The number of hydrogen-bond donors (Lipinski definition) is 0. The van der Waals surface area contributed by atoms with Gasteiger partial charge in [-0.05, 0) is 69.2 Å². The Labute approximate surface area is 302 Å². The number of halogens is 2. The molecule has 0 bridgehead atoms. The molecule has 232 valence electrons. The minimum atomic E-state index is -0.0597. The Morgan fingerprint density at radius 3 is 1.73 bits per heavy atom. The second-order valence-corrected chi connectivity index (χ2v) is 14.3. The van der Waals surface area contributed by atoms with Crippen LogP contribution in [0.4, 0.5) is 0 Å². The number of benzene rings is 4. The van der Waals surface area contributed by atoms with Crippen LogP contribution >= 0.6 is 0 Å². The molecule has 0 spiro atoms. The van der Waals surface area contributed by atoms with Crippen LogP contribution in [0, 0.1) is 0 Å². The number of allylic oxidation sites excluding steroid dienone is 2. The molecule has 6 rings (SSSR count). The molecular formula is C41H44Cl2OZr. The van der Waals surface area contributed by atoms with E-state index in [9.17, 15) is 0 Å². The van der Waals surface area contributed by atoms with E-state index in [1.54, 1.807) is 0 Å². The Kier molecular flexibility index (Phi) is 11.3. The van der Waals surface area contributed by atoms with Gasteiger partial charge in [-0.25, -0.2) is 0 Å². The van der Waals surface area contributed by atoms with Gasteiger partial charge in [0.15, 0.2) is 0 Å². The molecule has 2 atom stereocenters. The predicted octanol–water partition coefficient (Wildman–Crippen LogP) is 5.33. The molecule has 2 aliphatic carbocycles. The average molecular weight is 715 g/mol. The average Bonchev–Trinajstić information content (AvgIpc) is 3.45. The first-order valence-electron chi connectivity index (χ1n) is 15.3. The second kappa shape index (κ2) is 13.8. The quantitative estimate of drug-likeness (QED) is 0.278. The number of fused-ring (bicyclic) bond motifs is 2. The normalized spacial score (nSPS) is 16.7. The molecule has 0 aliphatic heterocycles. The van der Waals surface area contributed by atoms with Crippen molar-refractivity contribution >= 4 is 12.2 Å². The summed E-state index contributed by atoms with van der Waals surface area (Å²) in [4.78, 5) is 0. The van der Waals surface area contributed by atoms with Gasteiger partial charge in [0, 0.05) is 23.0 Å². The van der Waals surface area contributed by atoms with E-state index in [2.05, 4.69) is 146 Å². The van der Waals surface area contributed by atoms with Gasteiger partial charge in [-0.3, -0.25) is 0 Å². The van der Waals surface area contributed by atoms with Gasteiger partial charge in [-0.1, -0.05) is 144 Å². The summed E-state index contributed by atoms with van der Waals surface area (Å²) in [6, 6.07) is 29.3. The number of hydrogen-bond acceptors (Lipinski definition) is 1. The van der Waals surface area contributed by atoms with E-state index in [0.717, 1.165) is 5.75 Å². The topological polar surface area (TPSA) is 9.23 Å². The fraction of sp³-hybridized carbons (Fsp3) is 0.317. The van der Waals surface area contributed by atoms with Crippen LogP contribution in [0.1, 0.15) is 101 Å². The van der Waals surface area contributed by atoms with Crippen LogP contribution in [0.25, 0.3) is 34.4 Å². The minimum absolute atomic E-state index is 0.